The first-order valence-electron chi connectivity index (χ1n) is 6.60. The summed E-state index contributed by atoms with van der Waals surface area (Å²) in [4.78, 5) is 1.13. The molecule has 6 heteroatoms. The minimum atomic E-state index is 0.540. The van der Waals surface area contributed by atoms with Crippen LogP contribution >= 0.6 is 27.7 Å². The molecule has 2 aromatic carbocycles. The van der Waals surface area contributed by atoms with Crippen molar-refractivity contribution in [1.29, 1.82) is 0 Å². The van der Waals surface area contributed by atoms with E-state index in [4.69, 9.17) is 9.15 Å². The van der Waals surface area contributed by atoms with E-state index >= 15 is 0 Å². The van der Waals surface area contributed by atoms with E-state index < -0.39 is 0 Å². The van der Waals surface area contributed by atoms with Crippen LogP contribution in [0.3, 0.4) is 0 Å². The molecule has 0 amide bonds. The number of rotatable bonds is 5. The molecule has 0 spiro atoms. The van der Waals surface area contributed by atoms with Crippen LogP contribution in [0.25, 0.3) is 11.5 Å². The van der Waals surface area contributed by atoms with Crippen LogP contribution in [0.2, 0.25) is 0 Å². The number of benzene rings is 2. The molecular weight excluding hydrogens is 364 g/mol. The van der Waals surface area contributed by atoms with Crippen molar-refractivity contribution in [1.82, 2.24) is 10.2 Å². The largest absolute Gasteiger partial charge is 0.497 e. The van der Waals surface area contributed by atoms with E-state index in [1.54, 1.807) is 18.9 Å². The predicted octanol–water partition coefficient (Wildman–Crippen LogP) is 4.80. The lowest BCUT2D eigenvalue weighted by Crippen LogP contribution is -1.83. The molecular formula is C16H13BrN2O2S. The number of halogens is 1. The number of nitrogens with zero attached hydrogens (tertiary/aromatic N) is 2. The van der Waals surface area contributed by atoms with Crippen LogP contribution in [-0.4, -0.2) is 17.3 Å². The second-order valence-corrected chi connectivity index (χ2v) is 6.44. The standard InChI is InChI=1S/C16H13BrN2O2S/c1-20-13-6-8-14(9-7-13)22-10-15-18-19-16(21-15)11-2-4-12(17)5-3-11/h2-9H,10H2,1H3. The first kappa shape index (κ1) is 15.1. The summed E-state index contributed by atoms with van der Waals surface area (Å²) in [5.74, 6) is 2.63. The lowest BCUT2D eigenvalue weighted by molar-refractivity contribution is 0.414. The summed E-state index contributed by atoms with van der Waals surface area (Å²) >= 11 is 5.05. The highest BCUT2D eigenvalue weighted by molar-refractivity contribution is 9.10. The Kier molecular flexibility index (Phi) is 4.80. The summed E-state index contributed by atoms with van der Waals surface area (Å²) in [7, 11) is 1.66. The van der Waals surface area contributed by atoms with Crippen LogP contribution in [-0.2, 0) is 5.75 Å². The highest BCUT2D eigenvalue weighted by Gasteiger charge is 2.09. The lowest BCUT2D eigenvalue weighted by Gasteiger charge is -2.01. The summed E-state index contributed by atoms with van der Waals surface area (Å²) in [5, 5.41) is 8.18. The van der Waals surface area contributed by atoms with Gasteiger partial charge in [0.2, 0.25) is 11.8 Å². The maximum atomic E-state index is 5.69. The molecule has 0 N–H and O–H groups in total. The van der Waals surface area contributed by atoms with Gasteiger partial charge in [0.15, 0.2) is 0 Å². The Morgan fingerprint density at radius 3 is 2.45 bits per heavy atom. The van der Waals surface area contributed by atoms with Crippen molar-refractivity contribution in [3.63, 3.8) is 0 Å². The van der Waals surface area contributed by atoms with Gasteiger partial charge in [-0.15, -0.1) is 22.0 Å². The Labute approximate surface area is 141 Å². The van der Waals surface area contributed by atoms with E-state index in [2.05, 4.69) is 26.1 Å². The molecule has 0 aliphatic heterocycles. The van der Waals surface area contributed by atoms with Gasteiger partial charge < -0.3 is 9.15 Å². The fourth-order valence-corrected chi connectivity index (χ4v) is 2.84. The zero-order chi connectivity index (χ0) is 15.4. The molecule has 112 valence electrons. The van der Waals surface area contributed by atoms with Crippen molar-refractivity contribution < 1.29 is 9.15 Å². The first-order valence-corrected chi connectivity index (χ1v) is 8.37. The van der Waals surface area contributed by atoms with E-state index in [0.29, 0.717) is 17.5 Å². The van der Waals surface area contributed by atoms with Crippen LogP contribution < -0.4 is 4.74 Å². The smallest absolute Gasteiger partial charge is 0.247 e. The van der Waals surface area contributed by atoms with Crippen molar-refractivity contribution in [2.24, 2.45) is 0 Å². The van der Waals surface area contributed by atoms with E-state index in [1.807, 2.05) is 48.5 Å². The van der Waals surface area contributed by atoms with Crippen molar-refractivity contribution >= 4 is 27.7 Å². The number of hydrogen-bond donors (Lipinski definition) is 0. The summed E-state index contributed by atoms with van der Waals surface area (Å²) in [6.07, 6.45) is 0. The highest BCUT2D eigenvalue weighted by Crippen LogP contribution is 2.26. The van der Waals surface area contributed by atoms with Gasteiger partial charge in [0.05, 0.1) is 12.9 Å². The fourth-order valence-electron chi connectivity index (χ4n) is 1.84. The number of ether oxygens (including phenoxy) is 1. The molecule has 22 heavy (non-hydrogen) atoms. The maximum absolute atomic E-state index is 5.69. The molecule has 0 bridgehead atoms. The average molecular weight is 377 g/mol. The van der Waals surface area contributed by atoms with Crippen LogP contribution in [0.15, 0.2) is 62.3 Å². The monoisotopic (exact) mass is 376 g/mol. The van der Waals surface area contributed by atoms with E-state index in [1.165, 1.54) is 0 Å². The molecule has 0 fully saturated rings. The summed E-state index contributed by atoms with van der Waals surface area (Å²) < 4.78 is 11.9. The Morgan fingerprint density at radius 1 is 1.05 bits per heavy atom. The van der Waals surface area contributed by atoms with E-state index in [9.17, 15) is 0 Å². The molecule has 0 saturated carbocycles. The van der Waals surface area contributed by atoms with Crippen molar-refractivity contribution in [3.8, 4) is 17.2 Å². The summed E-state index contributed by atoms with van der Waals surface area (Å²) in [6, 6.07) is 15.7. The topological polar surface area (TPSA) is 48.2 Å². The second kappa shape index (κ2) is 6.98. The Hall–Kier alpha value is -1.79. The minimum absolute atomic E-state index is 0.540. The predicted molar refractivity (Wildman–Crippen MR) is 90.0 cm³/mol. The molecule has 0 radical (unpaired) electrons. The Bertz CT molecular complexity index is 742. The summed E-state index contributed by atoms with van der Waals surface area (Å²) in [5.41, 5.74) is 0.913. The van der Waals surface area contributed by atoms with Crippen LogP contribution in [0.5, 0.6) is 5.75 Å². The lowest BCUT2D eigenvalue weighted by atomic mass is 10.2. The molecule has 0 unspecified atom stereocenters. The zero-order valence-electron chi connectivity index (χ0n) is 11.8. The van der Waals surface area contributed by atoms with Gasteiger partial charge in [-0.05, 0) is 48.5 Å². The molecule has 4 nitrogen and oxygen atoms in total. The number of methoxy groups -OCH3 is 1. The summed E-state index contributed by atoms with van der Waals surface area (Å²) in [6.45, 7) is 0. The third-order valence-corrected chi connectivity index (χ3v) is 4.51. The molecule has 0 aliphatic carbocycles. The fraction of sp³-hybridized carbons (Fsp3) is 0.125. The quantitative estimate of drug-likeness (QED) is 0.598. The molecule has 3 aromatic rings. The highest BCUT2D eigenvalue weighted by atomic mass is 79.9. The third kappa shape index (κ3) is 3.69. The van der Waals surface area contributed by atoms with Gasteiger partial charge in [0, 0.05) is 14.9 Å². The average Bonchev–Trinajstić information content (AvgIpc) is 3.03. The van der Waals surface area contributed by atoms with E-state index in [-0.39, 0.29) is 0 Å². The van der Waals surface area contributed by atoms with Crippen molar-refractivity contribution in [2.45, 2.75) is 10.6 Å². The van der Waals surface area contributed by atoms with Crippen LogP contribution in [0, 0.1) is 0 Å². The van der Waals surface area contributed by atoms with Crippen molar-refractivity contribution in [3.05, 3.63) is 58.9 Å². The van der Waals surface area contributed by atoms with Crippen LogP contribution in [0.1, 0.15) is 5.89 Å². The minimum Gasteiger partial charge on any atom is -0.497 e. The maximum Gasteiger partial charge on any atom is 0.247 e. The van der Waals surface area contributed by atoms with Gasteiger partial charge in [-0.25, -0.2) is 0 Å². The van der Waals surface area contributed by atoms with E-state index in [0.717, 1.165) is 20.7 Å². The number of aromatic nitrogens is 2. The van der Waals surface area contributed by atoms with Gasteiger partial charge in [0.1, 0.15) is 5.75 Å². The van der Waals surface area contributed by atoms with Gasteiger partial charge in [-0.3, -0.25) is 0 Å². The molecule has 0 atom stereocenters. The van der Waals surface area contributed by atoms with Gasteiger partial charge >= 0.3 is 0 Å². The van der Waals surface area contributed by atoms with Gasteiger partial charge in [-0.1, -0.05) is 15.9 Å². The number of thioether (sulfide) groups is 1. The molecule has 0 aliphatic rings. The second-order valence-electron chi connectivity index (χ2n) is 4.47. The Morgan fingerprint density at radius 2 is 1.77 bits per heavy atom. The third-order valence-electron chi connectivity index (χ3n) is 2.98. The van der Waals surface area contributed by atoms with Crippen molar-refractivity contribution in [2.75, 3.05) is 7.11 Å². The van der Waals surface area contributed by atoms with Gasteiger partial charge in [-0.2, -0.15) is 0 Å². The SMILES string of the molecule is COc1ccc(SCc2nnc(-c3ccc(Br)cc3)o2)cc1. The van der Waals surface area contributed by atoms with Gasteiger partial charge in [0.25, 0.3) is 0 Å². The molecule has 1 heterocycles. The first-order chi connectivity index (χ1) is 10.7. The molecule has 1 aromatic heterocycles. The normalized spacial score (nSPS) is 10.6. The zero-order valence-corrected chi connectivity index (χ0v) is 14.2. The number of hydrogen-bond acceptors (Lipinski definition) is 5. The molecule has 0 saturated heterocycles. The van der Waals surface area contributed by atoms with Crippen LogP contribution in [0.4, 0.5) is 0 Å². The molecule has 3 rings (SSSR count). The Balaban J connectivity index is 1.65.